The molecule has 0 aliphatic carbocycles. The zero-order valence-electron chi connectivity index (χ0n) is 16.0. The molecule has 4 rings (SSSR count). The predicted molar refractivity (Wildman–Crippen MR) is 113 cm³/mol. The van der Waals surface area contributed by atoms with Gasteiger partial charge in [0.15, 0.2) is 5.82 Å². The molecule has 9 nitrogen and oxygen atoms in total. The van der Waals surface area contributed by atoms with Gasteiger partial charge in [0.25, 0.3) is 15.9 Å². The highest BCUT2D eigenvalue weighted by Crippen LogP contribution is 2.26. The molecule has 1 aromatic carbocycles. The molecular formula is C20H20N6O3S. The van der Waals surface area contributed by atoms with Crippen LogP contribution in [0.2, 0.25) is 0 Å². The Balaban J connectivity index is 1.49. The number of nitrogens with one attached hydrogen (secondary N) is 2. The third kappa shape index (κ3) is 4.38. The Hall–Kier alpha value is -3.53. The SMILES string of the molecule is O=C(Nc1cncnc1N1CCCC1)c1ccc(S(=O)(=O)Nc2ccncc2)cc1. The first-order chi connectivity index (χ1) is 14.5. The normalized spacial score (nSPS) is 13.8. The number of carbonyl (C=O) groups excluding carboxylic acids is 1. The van der Waals surface area contributed by atoms with E-state index in [1.807, 2.05) is 0 Å². The van der Waals surface area contributed by atoms with E-state index < -0.39 is 10.0 Å². The molecule has 2 N–H and O–H groups in total. The molecule has 0 saturated carbocycles. The smallest absolute Gasteiger partial charge is 0.261 e. The van der Waals surface area contributed by atoms with Crippen molar-refractivity contribution in [1.29, 1.82) is 0 Å². The summed E-state index contributed by atoms with van der Waals surface area (Å²) in [5.41, 5.74) is 1.26. The molecule has 0 bridgehead atoms. The third-order valence-corrected chi connectivity index (χ3v) is 6.10. The van der Waals surface area contributed by atoms with Crippen molar-refractivity contribution in [3.8, 4) is 0 Å². The van der Waals surface area contributed by atoms with Gasteiger partial charge < -0.3 is 10.2 Å². The van der Waals surface area contributed by atoms with Crippen molar-refractivity contribution in [2.24, 2.45) is 0 Å². The van der Waals surface area contributed by atoms with Gasteiger partial charge >= 0.3 is 0 Å². The van der Waals surface area contributed by atoms with Gasteiger partial charge in [0, 0.05) is 31.0 Å². The van der Waals surface area contributed by atoms with Gasteiger partial charge in [0.1, 0.15) is 12.0 Å². The van der Waals surface area contributed by atoms with E-state index in [0.29, 0.717) is 22.8 Å². The molecule has 0 atom stereocenters. The van der Waals surface area contributed by atoms with E-state index in [1.165, 1.54) is 43.0 Å². The first kappa shape index (κ1) is 19.8. The maximum atomic E-state index is 12.7. The molecule has 10 heteroatoms. The van der Waals surface area contributed by atoms with E-state index in [1.54, 1.807) is 18.3 Å². The minimum atomic E-state index is -3.77. The minimum absolute atomic E-state index is 0.0525. The van der Waals surface area contributed by atoms with Crippen molar-refractivity contribution in [2.45, 2.75) is 17.7 Å². The Morgan fingerprint density at radius 2 is 1.67 bits per heavy atom. The van der Waals surface area contributed by atoms with E-state index in [9.17, 15) is 13.2 Å². The van der Waals surface area contributed by atoms with Gasteiger partial charge in [0.2, 0.25) is 0 Å². The summed E-state index contributed by atoms with van der Waals surface area (Å²) in [6.45, 7) is 1.77. The fourth-order valence-corrected chi connectivity index (χ4v) is 4.26. The van der Waals surface area contributed by atoms with Crippen molar-refractivity contribution >= 4 is 33.1 Å². The first-order valence-electron chi connectivity index (χ1n) is 9.42. The summed E-state index contributed by atoms with van der Waals surface area (Å²) < 4.78 is 27.5. The summed E-state index contributed by atoms with van der Waals surface area (Å²) in [5, 5.41) is 2.82. The number of aromatic nitrogens is 3. The number of anilines is 3. The van der Waals surface area contributed by atoms with Crippen LogP contribution in [0.25, 0.3) is 0 Å². The number of rotatable bonds is 6. The molecule has 0 spiro atoms. The molecule has 1 amide bonds. The summed E-state index contributed by atoms with van der Waals surface area (Å²) in [6.07, 6.45) is 8.18. The number of sulfonamides is 1. The third-order valence-electron chi connectivity index (χ3n) is 4.70. The van der Waals surface area contributed by atoms with Crippen LogP contribution < -0.4 is 14.9 Å². The van der Waals surface area contributed by atoms with Crippen molar-refractivity contribution in [3.05, 3.63) is 66.9 Å². The minimum Gasteiger partial charge on any atom is -0.355 e. The molecule has 2 aromatic heterocycles. The summed E-state index contributed by atoms with van der Waals surface area (Å²) >= 11 is 0. The first-order valence-corrected chi connectivity index (χ1v) is 10.9. The van der Waals surface area contributed by atoms with Crippen LogP contribution in [0.3, 0.4) is 0 Å². The molecule has 3 heterocycles. The van der Waals surface area contributed by atoms with Crippen LogP contribution in [0, 0.1) is 0 Å². The zero-order chi connectivity index (χ0) is 21.0. The largest absolute Gasteiger partial charge is 0.355 e. The lowest BCUT2D eigenvalue weighted by atomic mass is 10.2. The quantitative estimate of drug-likeness (QED) is 0.624. The van der Waals surface area contributed by atoms with Gasteiger partial charge in [-0.2, -0.15) is 0 Å². The van der Waals surface area contributed by atoms with Crippen molar-refractivity contribution in [2.75, 3.05) is 28.0 Å². The van der Waals surface area contributed by atoms with Crippen LogP contribution in [-0.2, 0) is 10.0 Å². The monoisotopic (exact) mass is 424 g/mol. The number of pyridine rings is 1. The summed E-state index contributed by atoms with van der Waals surface area (Å²) in [4.78, 5) is 27.0. The number of benzene rings is 1. The molecule has 0 radical (unpaired) electrons. The van der Waals surface area contributed by atoms with Gasteiger partial charge in [-0.25, -0.2) is 18.4 Å². The van der Waals surface area contributed by atoms with Crippen LogP contribution in [0.15, 0.2) is 66.2 Å². The van der Waals surface area contributed by atoms with Crippen LogP contribution in [0.1, 0.15) is 23.2 Å². The second-order valence-electron chi connectivity index (χ2n) is 6.77. The Labute approximate surface area is 174 Å². The van der Waals surface area contributed by atoms with Crippen molar-refractivity contribution in [3.63, 3.8) is 0 Å². The fraction of sp³-hybridized carbons (Fsp3) is 0.200. The molecule has 1 aliphatic rings. The van der Waals surface area contributed by atoms with Crippen LogP contribution in [-0.4, -0.2) is 42.4 Å². The van der Waals surface area contributed by atoms with Crippen LogP contribution >= 0.6 is 0 Å². The lowest BCUT2D eigenvalue weighted by Crippen LogP contribution is -2.22. The van der Waals surface area contributed by atoms with Gasteiger partial charge in [-0.3, -0.25) is 14.5 Å². The van der Waals surface area contributed by atoms with Gasteiger partial charge in [-0.1, -0.05) is 0 Å². The number of nitrogens with zero attached hydrogens (tertiary/aromatic N) is 4. The molecule has 1 aliphatic heterocycles. The summed E-state index contributed by atoms with van der Waals surface area (Å²) in [5.74, 6) is 0.327. The van der Waals surface area contributed by atoms with E-state index in [2.05, 4.69) is 29.9 Å². The Morgan fingerprint density at radius 1 is 0.967 bits per heavy atom. The molecule has 1 saturated heterocycles. The lowest BCUT2D eigenvalue weighted by molar-refractivity contribution is 0.102. The highest BCUT2D eigenvalue weighted by Gasteiger charge is 2.20. The Bertz CT molecular complexity index is 1130. The standard InChI is InChI=1S/C20H20N6O3S/c27-20(24-18-13-22-14-23-19(18)26-11-1-2-12-26)15-3-5-17(6-4-15)30(28,29)25-16-7-9-21-10-8-16/h3-10,13-14H,1-2,11-12H2,(H,21,25)(H,24,27). The summed E-state index contributed by atoms with van der Waals surface area (Å²) in [6, 6.07) is 8.83. The molecule has 30 heavy (non-hydrogen) atoms. The average Bonchev–Trinajstić information content (AvgIpc) is 3.29. The van der Waals surface area contributed by atoms with E-state index in [0.717, 1.165) is 25.9 Å². The lowest BCUT2D eigenvalue weighted by Gasteiger charge is -2.19. The summed E-state index contributed by atoms with van der Waals surface area (Å²) in [7, 11) is -3.77. The molecule has 0 unspecified atom stereocenters. The second-order valence-corrected chi connectivity index (χ2v) is 8.46. The highest BCUT2D eigenvalue weighted by atomic mass is 32.2. The molecular weight excluding hydrogens is 404 g/mol. The van der Waals surface area contributed by atoms with Gasteiger partial charge in [-0.05, 0) is 49.2 Å². The number of amides is 1. The van der Waals surface area contributed by atoms with Crippen molar-refractivity contribution < 1.29 is 13.2 Å². The van der Waals surface area contributed by atoms with E-state index in [4.69, 9.17) is 0 Å². The Kier molecular flexibility index (Phi) is 5.57. The number of hydrogen-bond acceptors (Lipinski definition) is 7. The van der Waals surface area contributed by atoms with Crippen LogP contribution in [0.5, 0.6) is 0 Å². The maximum Gasteiger partial charge on any atom is 0.261 e. The second kappa shape index (κ2) is 8.46. The van der Waals surface area contributed by atoms with Gasteiger partial charge in [0.05, 0.1) is 16.8 Å². The molecule has 154 valence electrons. The fourth-order valence-electron chi connectivity index (χ4n) is 3.21. The predicted octanol–water partition coefficient (Wildman–Crippen LogP) is 2.52. The van der Waals surface area contributed by atoms with Crippen molar-refractivity contribution in [1.82, 2.24) is 15.0 Å². The topological polar surface area (TPSA) is 117 Å². The maximum absolute atomic E-state index is 12.7. The zero-order valence-corrected chi connectivity index (χ0v) is 16.8. The molecule has 3 aromatic rings. The highest BCUT2D eigenvalue weighted by molar-refractivity contribution is 7.92. The average molecular weight is 424 g/mol. The molecule has 1 fully saturated rings. The number of hydrogen-bond donors (Lipinski definition) is 2. The van der Waals surface area contributed by atoms with E-state index in [-0.39, 0.29) is 10.8 Å². The van der Waals surface area contributed by atoms with E-state index >= 15 is 0 Å². The van der Waals surface area contributed by atoms with Crippen LogP contribution in [0.4, 0.5) is 17.2 Å². The number of carbonyl (C=O) groups is 1. The Morgan fingerprint density at radius 3 is 2.37 bits per heavy atom. The van der Waals surface area contributed by atoms with Gasteiger partial charge in [-0.15, -0.1) is 0 Å².